The van der Waals surface area contributed by atoms with Crippen molar-refractivity contribution in [1.29, 1.82) is 0 Å². The lowest BCUT2D eigenvalue weighted by Crippen LogP contribution is -2.76. The van der Waals surface area contributed by atoms with Gasteiger partial charge in [0.05, 0.1) is 25.9 Å². The van der Waals surface area contributed by atoms with Crippen LogP contribution in [0.25, 0.3) is 0 Å². The first kappa shape index (κ1) is 18.4. The monoisotopic (exact) mass is 389 g/mol. The highest BCUT2D eigenvalue weighted by atomic mass is 16.7. The number of likely N-dealkylation sites (N-methyl/N-ethyl adjacent to an activating group) is 1. The zero-order valence-corrected chi connectivity index (χ0v) is 17.0. The Labute approximate surface area is 164 Å². The van der Waals surface area contributed by atoms with Crippen LogP contribution >= 0.6 is 0 Å². The van der Waals surface area contributed by atoms with Gasteiger partial charge in [-0.25, -0.2) is 0 Å². The highest BCUT2D eigenvalue weighted by Crippen LogP contribution is 2.72. The number of rotatable bonds is 4. The van der Waals surface area contributed by atoms with Gasteiger partial charge in [-0.3, -0.25) is 9.69 Å². The predicted molar refractivity (Wildman–Crippen MR) is 99.8 cm³/mol. The summed E-state index contributed by atoms with van der Waals surface area (Å²) >= 11 is 0. The number of carbonyl (C=O) groups is 1. The Kier molecular flexibility index (Phi) is 3.73. The molecule has 1 saturated carbocycles. The number of hydrogen-bond acceptors (Lipinski definition) is 7. The van der Waals surface area contributed by atoms with E-state index in [1.165, 1.54) is 0 Å². The fourth-order valence-electron chi connectivity index (χ4n) is 6.86. The molecule has 7 heteroatoms. The number of methoxy groups -OCH3 is 4. The van der Waals surface area contributed by atoms with Crippen molar-refractivity contribution in [1.82, 2.24) is 4.90 Å². The molecule has 2 unspecified atom stereocenters. The van der Waals surface area contributed by atoms with Crippen LogP contribution in [0.2, 0.25) is 0 Å². The van der Waals surface area contributed by atoms with Crippen LogP contribution < -0.4 is 9.47 Å². The molecule has 2 bridgehead atoms. The normalized spacial score (nSPS) is 41.0. The number of ether oxygens (including phenoxy) is 5. The highest BCUT2D eigenvalue weighted by Gasteiger charge is 2.82. The van der Waals surface area contributed by atoms with Crippen LogP contribution in [-0.4, -0.2) is 70.1 Å². The second kappa shape index (κ2) is 5.69. The number of ketones is 1. The second-order valence-electron chi connectivity index (χ2n) is 8.32. The molecule has 2 aliphatic heterocycles. The van der Waals surface area contributed by atoms with Gasteiger partial charge in [0.15, 0.2) is 23.4 Å². The third kappa shape index (κ3) is 1.66. The molecule has 4 aliphatic rings. The largest absolute Gasteiger partial charge is 0.493 e. The minimum Gasteiger partial charge on any atom is -0.493 e. The first-order valence-electron chi connectivity index (χ1n) is 9.71. The van der Waals surface area contributed by atoms with E-state index < -0.39 is 22.8 Å². The van der Waals surface area contributed by atoms with E-state index in [0.29, 0.717) is 17.9 Å². The van der Waals surface area contributed by atoms with Crippen molar-refractivity contribution >= 4 is 5.78 Å². The molecule has 7 nitrogen and oxygen atoms in total. The summed E-state index contributed by atoms with van der Waals surface area (Å²) in [5.41, 5.74) is 1.11. The van der Waals surface area contributed by atoms with E-state index in [2.05, 4.69) is 18.0 Å². The maximum atomic E-state index is 13.3. The summed E-state index contributed by atoms with van der Waals surface area (Å²) in [7, 11) is 8.58. The average Bonchev–Trinajstić information content (AvgIpc) is 3.20. The maximum Gasteiger partial charge on any atom is 0.222 e. The molecular weight excluding hydrogens is 362 g/mol. The molecule has 152 valence electrons. The molecule has 0 aromatic heterocycles. The fourth-order valence-corrected chi connectivity index (χ4v) is 6.86. The van der Waals surface area contributed by atoms with Gasteiger partial charge in [0.25, 0.3) is 0 Å². The molecule has 0 amide bonds. The van der Waals surface area contributed by atoms with Crippen LogP contribution in [0.4, 0.5) is 0 Å². The van der Waals surface area contributed by atoms with Crippen LogP contribution in [0.1, 0.15) is 36.5 Å². The topological polar surface area (TPSA) is 66.5 Å². The van der Waals surface area contributed by atoms with Gasteiger partial charge in [0.1, 0.15) is 0 Å². The lowest BCUT2D eigenvalue weighted by Gasteiger charge is -2.59. The van der Waals surface area contributed by atoms with Crippen molar-refractivity contribution in [2.24, 2.45) is 0 Å². The quantitative estimate of drug-likeness (QED) is 0.778. The molecule has 0 N–H and O–H groups in total. The average molecular weight is 389 g/mol. The Balaban J connectivity index is 1.89. The van der Waals surface area contributed by atoms with Crippen LogP contribution in [-0.2, 0) is 24.4 Å². The molecule has 28 heavy (non-hydrogen) atoms. The highest BCUT2D eigenvalue weighted by molar-refractivity contribution is 5.89. The van der Waals surface area contributed by atoms with Gasteiger partial charge in [-0.2, -0.15) is 0 Å². The third-order valence-electron chi connectivity index (χ3n) is 7.75. The van der Waals surface area contributed by atoms with Crippen LogP contribution in [0.15, 0.2) is 12.1 Å². The van der Waals surface area contributed by atoms with E-state index in [4.69, 9.17) is 23.7 Å². The molecule has 2 saturated heterocycles. The van der Waals surface area contributed by atoms with E-state index in [-0.39, 0.29) is 11.9 Å². The Morgan fingerprint density at radius 1 is 1.18 bits per heavy atom. The summed E-state index contributed by atoms with van der Waals surface area (Å²) in [6.07, 6.45) is 0.981. The molecular formula is C21H27NO6. The minimum absolute atomic E-state index is 0.00801. The number of Topliss-reactive ketones (excluding diaryl/α,β-unsaturated/α-hetero) is 1. The summed E-state index contributed by atoms with van der Waals surface area (Å²) in [6, 6.07) is 3.97. The molecule has 2 aliphatic carbocycles. The zero-order chi connectivity index (χ0) is 19.9. The SMILES string of the molecule is COc1ccc2c(c1OC)[C@@]13CCN(C)[C@@]14CC2O[C@]4(OC)C(OC)C(=O)C3. The van der Waals surface area contributed by atoms with Gasteiger partial charge in [-0.15, -0.1) is 0 Å². The van der Waals surface area contributed by atoms with Gasteiger partial charge in [0, 0.05) is 38.0 Å². The number of benzene rings is 1. The van der Waals surface area contributed by atoms with Gasteiger partial charge in [-0.1, -0.05) is 6.07 Å². The maximum absolute atomic E-state index is 13.3. The molecule has 2 heterocycles. The molecule has 1 aromatic rings. The van der Waals surface area contributed by atoms with Crippen LogP contribution in [0.3, 0.4) is 0 Å². The number of nitrogens with zero attached hydrogens (tertiary/aromatic N) is 1. The van der Waals surface area contributed by atoms with Crippen molar-refractivity contribution in [2.45, 2.75) is 48.2 Å². The van der Waals surface area contributed by atoms with Gasteiger partial charge in [-0.05, 0) is 31.6 Å². The van der Waals surface area contributed by atoms with Crippen molar-refractivity contribution in [3.8, 4) is 11.5 Å². The van der Waals surface area contributed by atoms with Gasteiger partial charge < -0.3 is 23.7 Å². The molecule has 5 atom stereocenters. The Morgan fingerprint density at radius 3 is 2.61 bits per heavy atom. The summed E-state index contributed by atoms with van der Waals surface area (Å²) in [6.45, 7) is 0.838. The summed E-state index contributed by atoms with van der Waals surface area (Å²) < 4.78 is 29.9. The van der Waals surface area contributed by atoms with Crippen LogP contribution in [0.5, 0.6) is 11.5 Å². The van der Waals surface area contributed by atoms with E-state index in [1.54, 1.807) is 28.4 Å². The first-order chi connectivity index (χ1) is 13.5. The Hall–Kier alpha value is -1.67. The minimum atomic E-state index is -1.16. The lowest BCUT2D eigenvalue weighted by atomic mass is 9.50. The third-order valence-corrected chi connectivity index (χ3v) is 7.75. The van der Waals surface area contributed by atoms with Crippen molar-refractivity contribution in [2.75, 3.05) is 42.0 Å². The number of hydrogen-bond donors (Lipinski definition) is 0. The zero-order valence-electron chi connectivity index (χ0n) is 17.0. The van der Waals surface area contributed by atoms with Crippen molar-refractivity contribution < 1.29 is 28.5 Å². The molecule has 1 spiro atoms. The fraction of sp³-hybridized carbons (Fsp3) is 0.667. The first-order valence-corrected chi connectivity index (χ1v) is 9.71. The predicted octanol–water partition coefficient (Wildman–Crippen LogP) is 1.82. The number of likely N-dealkylation sites (tertiary alicyclic amines) is 1. The summed E-state index contributed by atoms with van der Waals surface area (Å²) in [5.74, 6) is 0.215. The smallest absolute Gasteiger partial charge is 0.222 e. The van der Waals surface area contributed by atoms with E-state index >= 15 is 0 Å². The number of fused-ring (bicyclic) bond motifs is 3. The molecule has 5 rings (SSSR count). The summed E-state index contributed by atoms with van der Waals surface area (Å²) in [4.78, 5) is 15.7. The molecule has 1 aromatic carbocycles. The number of carbonyl (C=O) groups excluding carboxylic acids is 1. The molecule has 0 radical (unpaired) electrons. The van der Waals surface area contributed by atoms with Crippen molar-refractivity contribution in [3.63, 3.8) is 0 Å². The van der Waals surface area contributed by atoms with E-state index in [1.807, 2.05) is 6.07 Å². The van der Waals surface area contributed by atoms with Gasteiger partial charge in [0.2, 0.25) is 5.79 Å². The second-order valence-corrected chi connectivity index (χ2v) is 8.32. The van der Waals surface area contributed by atoms with Crippen molar-refractivity contribution in [3.05, 3.63) is 23.3 Å². The Morgan fingerprint density at radius 2 is 1.96 bits per heavy atom. The van der Waals surface area contributed by atoms with Crippen LogP contribution in [0, 0.1) is 0 Å². The Bertz CT molecular complexity index is 858. The summed E-state index contributed by atoms with van der Waals surface area (Å²) in [5, 5.41) is 0. The van der Waals surface area contributed by atoms with Gasteiger partial charge >= 0.3 is 0 Å². The molecule has 3 fully saturated rings. The van der Waals surface area contributed by atoms with E-state index in [9.17, 15) is 4.79 Å². The standard InChI is InChI=1S/C21H27NO6/c1-22-9-8-19-10-13(23)18(26-4)21(27-5)20(19,22)11-15(28-21)12-6-7-14(24-2)17(25-3)16(12)19/h6-7,15,18H,8-11H2,1-5H3/t15?,18?,19-,20-,21+/m0/s1. The lowest BCUT2D eigenvalue weighted by molar-refractivity contribution is -0.309. The van der Waals surface area contributed by atoms with E-state index in [0.717, 1.165) is 30.5 Å².